The van der Waals surface area contributed by atoms with Gasteiger partial charge in [-0.2, -0.15) is 0 Å². The number of imide groups is 1. The first-order valence-corrected chi connectivity index (χ1v) is 14.3. The third-order valence-electron chi connectivity index (χ3n) is 8.52. The van der Waals surface area contributed by atoms with Crippen LogP contribution in [0.25, 0.3) is 0 Å². The summed E-state index contributed by atoms with van der Waals surface area (Å²) in [5.41, 5.74) is 9.46. The minimum absolute atomic E-state index is 0.103. The van der Waals surface area contributed by atoms with Crippen molar-refractivity contribution >= 4 is 29.6 Å². The molecule has 9 nitrogen and oxygen atoms in total. The maximum absolute atomic E-state index is 13.6. The minimum Gasteiger partial charge on any atom is -0.455 e. The van der Waals surface area contributed by atoms with E-state index in [9.17, 15) is 24.0 Å². The van der Waals surface area contributed by atoms with Crippen molar-refractivity contribution in [1.29, 1.82) is 0 Å². The summed E-state index contributed by atoms with van der Waals surface area (Å²) in [6.45, 7) is -0.198. The van der Waals surface area contributed by atoms with E-state index in [2.05, 4.69) is 35.1 Å². The Labute approximate surface area is 243 Å². The van der Waals surface area contributed by atoms with Crippen molar-refractivity contribution in [3.8, 4) is 0 Å². The fourth-order valence-corrected chi connectivity index (χ4v) is 6.72. The van der Waals surface area contributed by atoms with E-state index in [1.165, 1.54) is 4.90 Å². The average Bonchev–Trinajstić information content (AvgIpc) is 3.28. The summed E-state index contributed by atoms with van der Waals surface area (Å²) in [4.78, 5) is 64.6. The molecule has 2 bridgehead atoms. The van der Waals surface area contributed by atoms with Gasteiger partial charge in [-0.1, -0.05) is 73.2 Å². The summed E-state index contributed by atoms with van der Waals surface area (Å²) < 4.78 is 4.99. The lowest BCUT2D eigenvalue weighted by atomic mass is 9.55. The second-order valence-corrected chi connectivity index (χ2v) is 10.9. The van der Waals surface area contributed by atoms with Crippen molar-refractivity contribution < 1.29 is 28.7 Å². The monoisotopic (exact) mass is 565 g/mol. The highest BCUT2D eigenvalue weighted by atomic mass is 16.5. The van der Waals surface area contributed by atoms with Gasteiger partial charge in [0.15, 0.2) is 6.61 Å². The molecule has 0 saturated carbocycles. The molecular formula is C33H31N3O6. The number of hydrogen-bond acceptors (Lipinski definition) is 6. The van der Waals surface area contributed by atoms with Gasteiger partial charge in [-0.15, -0.1) is 0 Å². The topological polar surface area (TPSA) is 122 Å². The van der Waals surface area contributed by atoms with E-state index in [4.69, 9.17) is 4.74 Å². The van der Waals surface area contributed by atoms with Gasteiger partial charge in [-0.3, -0.25) is 39.7 Å². The maximum Gasteiger partial charge on any atom is 0.306 e. The summed E-state index contributed by atoms with van der Waals surface area (Å²) in [6, 6.07) is 24.7. The van der Waals surface area contributed by atoms with Crippen molar-refractivity contribution in [1.82, 2.24) is 15.8 Å². The lowest BCUT2D eigenvalue weighted by Gasteiger charge is -2.45. The number of nitrogens with zero attached hydrogens (tertiary/aromatic N) is 1. The summed E-state index contributed by atoms with van der Waals surface area (Å²) in [5.74, 6) is -2.88. The normalized spacial score (nSPS) is 21.3. The van der Waals surface area contributed by atoms with Crippen molar-refractivity contribution in [2.24, 2.45) is 11.8 Å². The fourth-order valence-electron chi connectivity index (χ4n) is 6.72. The molecule has 3 aromatic carbocycles. The number of ether oxygens (including phenoxy) is 1. The van der Waals surface area contributed by atoms with Crippen LogP contribution in [0.1, 0.15) is 70.1 Å². The minimum atomic E-state index is -0.654. The van der Waals surface area contributed by atoms with E-state index in [-0.39, 0.29) is 41.9 Å². The SMILES string of the molecule is O=C(COC(=O)CCCCCN1C(=O)[C@@H]2C3c4ccccc4C(c4ccccc43)[C@H]2C1=O)NNC(=O)c1ccccc1. The van der Waals surface area contributed by atoms with Gasteiger partial charge in [0.25, 0.3) is 11.8 Å². The molecule has 42 heavy (non-hydrogen) atoms. The van der Waals surface area contributed by atoms with Crippen LogP contribution in [0.5, 0.6) is 0 Å². The molecule has 4 amide bonds. The van der Waals surface area contributed by atoms with Crippen molar-refractivity contribution in [3.05, 3.63) is 107 Å². The van der Waals surface area contributed by atoms with E-state index >= 15 is 0 Å². The summed E-state index contributed by atoms with van der Waals surface area (Å²) in [5, 5.41) is 0. The molecule has 2 N–H and O–H groups in total. The highest BCUT2D eigenvalue weighted by molar-refractivity contribution is 6.07. The van der Waals surface area contributed by atoms with Gasteiger partial charge < -0.3 is 4.74 Å². The van der Waals surface area contributed by atoms with Gasteiger partial charge in [-0.25, -0.2) is 0 Å². The number of carbonyl (C=O) groups excluding carboxylic acids is 5. The first-order chi connectivity index (χ1) is 20.5. The molecule has 0 unspecified atom stereocenters. The number of likely N-dealkylation sites (tertiary alicyclic amines) is 1. The number of hydrogen-bond donors (Lipinski definition) is 2. The molecule has 2 atom stereocenters. The number of benzene rings is 3. The van der Waals surface area contributed by atoms with Crippen LogP contribution in [0, 0.1) is 11.8 Å². The van der Waals surface area contributed by atoms with E-state index < -0.39 is 24.4 Å². The first kappa shape index (κ1) is 27.4. The van der Waals surface area contributed by atoms with Crippen LogP contribution in [0.4, 0.5) is 0 Å². The van der Waals surface area contributed by atoms with Crippen LogP contribution < -0.4 is 10.9 Å². The van der Waals surface area contributed by atoms with Crippen molar-refractivity contribution in [2.45, 2.75) is 37.5 Å². The van der Waals surface area contributed by atoms with Gasteiger partial charge in [0.1, 0.15) is 0 Å². The molecule has 0 radical (unpaired) electrons. The highest BCUT2D eigenvalue weighted by Gasteiger charge is 2.61. The molecule has 214 valence electrons. The zero-order valence-electron chi connectivity index (χ0n) is 23.0. The predicted molar refractivity (Wildman–Crippen MR) is 152 cm³/mol. The molecule has 0 spiro atoms. The number of hydrazine groups is 1. The zero-order valence-corrected chi connectivity index (χ0v) is 23.0. The van der Waals surface area contributed by atoms with Crippen LogP contribution in [-0.4, -0.2) is 47.6 Å². The summed E-state index contributed by atoms with van der Waals surface area (Å²) in [7, 11) is 0. The number of unbranched alkanes of at least 4 members (excludes halogenated alkanes) is 2. The number of nitrogens with one attached hydrogen (secondary N) is 2. The number of carbonyl (C=O) groups is 5. The molecule has 1 fully saturated rings. The Morgan fingerprint density at radius 2 is 1.19 bits per heavy atom. The molecule has 7 rings (SSSR count). The van der Waals surface area contributed by atoms with Crippen LogP contribution in [0.3, 0.4) is 0 Å². The standard InChI is InChI=1S/C33H31N3O6/c37-25(34-35-31(39)20-11-3-1-4-12-20)19-42-26(38)17-5-2-10-18-36-32(40)29-27-21-13-6-7-14-22(21)28(30(29)33(36)41)24-16-9-8-15-23(24)27/h1,3-4,6-9,11-16,27-30H,2,5,10,17-19H2,(H,34,37)(H,35,39)/t27?,28?,29-,30-/m1/s1. The van der Waals surface area contributed by atoms with Crippen LogP contribution in [0.15, 0.2) is 78.9 Å². The summed E-state index contributed by atoms with van der Waals surface area (Å²) >= 11 is 0. The Bertz CT molecular complexity index is 1440. The van der Waals surface area contributed by atoms with Crippen molar-refractivity contribution in [2.75, 3.05) is 13.2 Å². The Hall–Kier alpha value is -4.79. The Balaban J connectivity index is 0.960. The van der Waals surface area contributed by atoms with Crippen molar-refractivity contribution in [3.63, 3.8) is 0 Å². The maximum atomic E-state index is 13.6. The van der Waals surface area contributed by atoms with E-state index in [1.54, 1.807) is 30.3 Å². The fraction of sp³-hybridized carbons (Fsp3) is 0.303. The van der Waals surface area contributed by atoms with Gasteiger partial charge in [0, 0.05) is 30.4 Å². The smallest absolute Gasteiger partial charge is 0.306 e. The lowest BCUT2D eigenvalue weighted by Crippen LogP contribution is -2.43. The Kier molecular flexibility index (Phi) is 7.56. The molecule has 1 heterocycles. The molecule has 1 aliphatic heterocycles. The largest absolute Gasteiger partial charge is 0.455 e. The Morgan fingerprint density at radius 3 is 1.74 bits per heavy atom. The molecule has 0 aromatic heterocycles. The van der Waals surface area contributed by atoms with E-state index in [0.717, 1.165) is 22.3 Å². The van der Waals surface area contributed by atoms with Gasteiger partial charge in [-0.05, 0) is 47.2 Å². The van der Waals surface area contributed by atoms with E-state index in [1.807, 2.05) is 24.3 Å². The molecule has 1 saturated heterocycles. The van der Waals surface area contributed by atoms with Crippen LogP contribution in [0.2, 0.25) is 0 Å². The molecular weight excluding hydrogens is 534 g/mol. The van der Waals surface area contributed by atoms with Gasteiger partial charge in [0.05, 0.1) is 11.8 Å². The molecule has 3 aliphatic carbocycles. The van der Waals surface area contributed by atoms with Gasteiger partial charge in [0.2, 0.25) is 11.8 Å². The third kappa shape index (κ3) is 4.95. The second kappa shape index (κ2) is 11.6. The highest BCUT2D eigenvalue weighted by Crippen LogP contribution is 2.60. The second-order valence-electron chi connectivity index (χ2n) is 10.9. The molecule has 9 heteroatoms. The molecule has 3 aromatic rings. The quantitative estimate of drug-likeness (QED) is 0.177. The lowest BCUT2D eigenvalue weighted by molar-refractivity contribution is -0.148. The van der Waals surface area contributed by atoms with Crippen LogP contribution >= 0.6 is 0 Å². The third-order valence-corrected chi connectivity index (χ3v) is 8.52. The average molecular weight is 566 g/mol. The molecule has 4 aliphatic rings. The zero-order chi connectivity index (χ0) is 29.2. The van der Waals surface area contributed by atoms with Crippen LogP contribution in [-0.2, 0) is 23.9 Å². The van der Waals surface area contributed by atoms with E-state index in [0.29, 0.717) is 31.4 Å². The Morgan fingerprint density at radius 1 is 0.667 bits per heavy atom. The first-order valence-electron chi connectivity index (χ1n) is 14.3. The number of esters is 1. The predicted octanol–water partition coefficient (Wildman–Crippen LogP) is 3.44. The summed E-state index contributed by atoms with van der Waals surface area (Å²) in [6.07, 6.45) is 1.79. The van der Waals surface area contributed by atoms with Gasteiger partial charge >= 0.3 is 5.97 Å². The number of amides is 4. The number of rotatable bonds is 9.